The van der Waals surface area contributed by atoms with E-state index < -0.39 is 4.92 Å². The van der Waals surface area contributed by atoms with Gasteiger partial charge in [-0.05, 0) is 22.0 Å². The van der Waals surface area contributed by atoms with Gasteiger partial charge in [-0.1, -0.05) is 6.92 Å². The highest BCUT2D eigenvalue weighted by atomic mass is 79.9. The van der Waals surface area contributed by atoms with Crippen LogP contribution in [0.3, 0.4) is 0 Å². The van der Waals surface area contributed by atoms with Crippen LogP contribution in [0, 0.1) is 10.1 Å². The zero-order chi connectivity index (χ0) is 11.4. The number of esters is 1. The van der Waals surface area contributed by atoms with Crippen molar-refractivity contribution in [3.05, 3.63) is 32.8 Å². The number of hydrogen-bond acceptors (Lipinski definition) is 4. The normalized spacial score (nSPS) is 9.73. The molecule has 0 fully saturated rings. The van der Waals surface area contributed by atoms with E-state index in [-0.39, 0.29) is 22.6 Å². The monoisotopic (exact) mass is 273 g/mol. The first-order chi connectivity index (χ1) is 7.04. The summed E-state index contributed by atoms with van der Waals surface area (Å²) in [5.74, 6) is -0.0879. The minimum Gasteiger partial charge on any atom is -0.426 e. The molecular weight excluding hydrogens is 266 g/mol. The fourth-order valence-electron chi connectivity index (χ4n) is 0.903. The van der Waals surface area contributed by atoms with E-state index in [1.807, 2.05) is 0 Å². The van der Waals surface area contributed by atoms with E-state index in [4.69, 9.17) is 4.74 Å². The standard InChI is InChI=1S/C9H8BrNO4/c1-2-9(12)15-6-3-4-8(11(13)14)7(10)5-6/h3-5H,2H2,1H3. The molecule has 0 saturated carbocycles. The quantitative estimate of drug-likeness (QED) is 0.367. The number of rotatable bonds is 3. The second-order valence-electron chi connectivity index (χ2n) is 2.70. The van der Waals surface area contributed by atoms with Crippen molar-refractivity contribution in [1.29, 1.82) is 0 Å². The van der Waals surface area contributed by atoms with Crippen LogP contribution in [0.25, 0.3) is 0 Å². The number of benzene rings is 1. The fraction of sp³-hybridized carbons (Fsp3) is 0.222. The summed E-state index contributed by atoms with van der Waals surface area (Å²) in [5, 5.41) is 10.5. The van der Waals surface area contributed by atoms with Crippen molar-refractivity contribution < 1.29 is 14.5 Å². The van der Waals surface area contributed by atoms with Crippen LogP contribution >= 0.6 is 15.9 Å². The molecule has 0 spiro atoms. The number of halogens is 1. The first-order valence-electron chi connectivity index (χ1n) is 4.19. The Bertz CT molecular complexity index is 405. The summed E-state index contributed by atoms with van der Waals surface area (Å²) in [4.78, 5) is 20.9. The number of nitro groups is 1. The molecule has 0 saturated heterocycles. The van der Waals surface area contributed by atoms with Gasteiger partial charge in [-0.15, -0.1) is 0 Å². The molecule has 1 aromatic carbocycles. The molecule has 80 valence electrons. The largest absolute Gasteiger partial charge is 0.426 e. The lowest BCUT2D eigenvalue weighted by Crippen LogP contribution is -2.05. The zero-order valence-electron chi connectivity index (χ0n) is 7.90. The van der Waals surface area contributed by atoms with Crippen molar-refractivity contribution in [2.45, 2.75) is 13.3 Å². The minimum atomic E-state index is -0.518. The van der Waals surface area contributed by atoms with Gasteiger partial charge in [0.1, 0.15) is 5.75 Å². The Morgan fingerprint density at radius 3 is 2.73 bits per heavy atom. The van der Waals surface area contributed by atoms with Crippen LogP contribution in [0.15, 0.2) is 22.7 Å². The Morgan fingerprint density at radius 2 is 2.27 bits per heavy atom. The number of nitro benzene ring substituents is 1. The molecule has 1 aromatic rings. The lowest BCUT2D eigenvalue weighted by molar-refractivity contribution is -0.385. The smallest absolute Gasteiger partial charge is 0.310 e. The minimum absolute atomic E-state index is 0.0636. The molecule has 6 heteroatoms. The van der Waals surface area contributed by atoms with Gasteiger partial charge in [0, 0.05) is 18.6 Å². The molecule has 0 atom stereocenters. The molecule has 0 aromatic heterocycles. The fourth-order valence-corrected chi connectivity index (χ4v) is 1.41. The highest BCUT2D eigenvalue weighted by Gasteiger charge is 2.13. The number of hydrogen-bond donors (Lipinski definition) is 0. The molecule has 1 rings (SSSR count). The predicted octanol–water partition coefficient (Wildman–Crippen LogP) is 2.67. The number of carbonyl (C=O) groups excluding carboxylic acids is 1. The van der Waals surface area contributed by atoms with Crippen LogP contribution < -0.4 is 4.74 Å². The Morgan fingerprint density at radius 1 is 1.60 bits per heavy atom. The van der Waals surface area contributed by atoms with E-state index in [0.29, 0.717) is 5.75 Å². The van der Waals surface area contributed by atoms with E-state index in [2.05, 4.69) is 15.9 Å². The van der Waals surface area contributed by atoms with Gasteiger partial charge in [-0.2, -0.15) is 0 Å². The third kappa shape index (κ3) is 3.02. The third-order valence-corrected chi connectivity index (χ3v) is 2.27. The van der Waals surface area contributed by atoms with Crippen molar-refractivity contribution in [3.8, 4) is 5.75 Å². The maximum atomic E-state index is 10.9. The Labute approximate surface area is 94.3 Å². The first-order valence-corrected chi connectivity index (χ1v) is 4.98. The molecule has 0 N–H and O–H groups in total. The van der Waals surface area contributed by atoms with Crippen LogP contribution in [0.5, 0.6) is 5.75 Å². The molecule has 0 amide bonds. The van der Waals surface area contributed by atoms with Crippen molar-refractivity contribution in [2.24, 2.45) is 0 Å². The van der Waals surface area contributed by atoms with Gasteiger partial charge in [-0.3, -0.25) is 14.9 Å². The summed E-state index contributed by atoms with van der Waals surface area (Å²) >= 11 is 3.03. The van der Waals surface area contributed by atoms with Gasteiger partial charge >= 0.3 is 5.97 Å². The van der Waals surface area contributed by atoms with Crippen LogP contribution in [0.2, 0.25) is 0 Å². The highest BCUT2D eigenvalue weighted by molar-refractivity contribution is 9.10. The SMILES string of the molecule is CCC(=O)Oc1ccc([N+](=O)[O-])c(Br)c1. The van der Waals surface area contributed by atoms with Crippen molar-refractivity contribution in [2.75, 3.05) is 0 Å². The summed E-state index contributed by atoms with van der Waals surface area (Å²) in [6, 6.07) is 4.06. The molecule has 0 aliphatic rings. The second-order valence-corrected chi connectivity index (χ2v) is 3.55. The number of nitrogens with zero attached hydrogens (tertiary/aromatic N) is 1. The van der Waals surface area contributed by atoms with Gasteiger partial charge in [0.05, 0.1) is 9.40 Å². The summed E-state index contributed by atoms with van der Waals surface area (Å²) < 4.78 is 5.17. The first kappa shape index (κ1) is 11.6. The summed E-state index contributed by atoms with van der Waals surface area (Å²) in [7, 11) is 0. The molecular formula is C9H8BrNO4. The van der Waals surface area contributed by atoms with E-state index in [1.54, 1.807) is 6.92 Å². The number of carbonyl (C=O) groups is 1. The molecule has 15 heavy (non-hydrogen) atoms. The average Bonchev–Trinajstić information content (AvgIpc) is 2.17. The Hall–Kier alpha value is -1.43. The average molecular weight is 274 g/mol. The van der Waals surface area contributed by atoms with E-state index in [9.17, 15) is 14.9 Å². The predicted molar refractivity (Wildman–Crippen MR) is 56.7 cm³/mol. The van der Waals surface area contributed by atoms with Crippen LogP contribution in [-0.4, -0.2) is 10.9 Å². The molecule has 0 aliphatic heterocycles. The van der Waals surface area contributed by atoms with Crippen molar-refractivity contribution >= 4 is 27.6 Å². The van der Waals surface area contributed by atoms with Crippen LogP contribution in [-0.2, 0) is 4.79 Å². The van der Waals surface area contributed by atoms with Crippen molar-refractivity contribution in [1.82, 2.24) is 0 Å². The van der Waals surface area contributed by atoms with Crippen LogP contribution in [0.4, 0.5) is 5.69 Å². The van der Waals surface area contributed by atoms with Gasteiger partial charge in [0.15, 0.2) is 0 Å². The van der Waals surface area contributed by atoms with Crippen LogP contribution in [0.1, 0.15) is 13.3 Å². The number of ether oxygens (including phenoxy) is 1. The van der Waals surface area contributed by atoms with Gasteiger partial charge in [-0.25, -0.2) is 0 Å². The molecule has 0 unspecified atom stereocenters. The lowest BCUT2D eigenvalue weighted by atomic mass is 10.3. The van der Waals surface area contributed by atoms with Crippen molar-refractivity contribution in [3.63, 3.8) is 0 Å². The molecule has 0 radical (unpaired) electrons. The molecule has 0 bridgehead atoms. The Balaban J connectivity index is 2.91. The van der Waals surface area contributed by atoms with Gasteiger partial charge < -0.3 is 4.74 Å². The summed E-state index contributed by atoms with van der Waals surface area (Å²) in [6.45, 7) is 1.67. The molecule has 0 aliphatic carbocycles. The van der Waals surface area contributed by atoms with Gasteiger partial charge in [0.25, 0.3) is 5.69 Å². The van der Waals surface area contributed by atoms with E-state index >= 15 is 0 Å². The molecule has 0 heterocycles. The summed E-state index contributed by atoms with van der Waals surface area (Å²) in [6.07, 6.45) is 0.259. The maximum Gasteiger partial charge on any atom is 0.310 e. The highest BCUT2D eigenvalue weighted by Crippen LogP contribution is 2.28. The molecule has 5 nitrogen and oxygen atoms in total. The zero-order valence-corrected chi connectivity index (χ0v) is 9.48. The lowest BCUT2D eigenvalue weighted by Gasteiger charge is -2.02. The Kier molecular flexibility index (Phi) is 3.79. The van der Waals surface area contributed by atoms with E-state index in [1.165, 1.54) is 18.2 Å². The third-order valence-electron chi connectivity index (χ3n) is 1.64. The summed E-state index contributed by atoms with van der Waals surface area (Å²) in [5.41, 5.74) is -0.0636. The van der Waals surface area contributed by atoms with Gasteiger partial charge in [0.2, 0.25) is 0 Å². The maximum absolute atomic E-state index is 10.9. The topological polar surface area (TPSA) is 69.4 Å². The second kappa shape index (κ2) is 4.88. The van der Waals surface area contributed by atoms with E-state index in [0.717, 1.165) is 0 Å².